The number of methoxy groups -OCH3 is 1. The van der Waals surface area contributed by atoms with Crippen LogP contribution in [-0.4, -0.2) is 30.8 Å². The lowest BCUT2D eigenvalue weighted by molar-refractivity contribution is -0.118. The van der Waals surface area contributed by atoms with Crippen LogP contribution < -0.4 is 15.8 Å². The number of nitrogens with two attached hydrogens (primary N) is 1. The van der Waals surface area contributed by atoms with Crippen LogP contribution in [0.1, 0.15) is 0 Å². The maximum atomic E-state index is 11.4. The third kappa shape index (κ3) is 3.10. The number of rotatable bonds is 4. The second-order valence-corrected chi connectivity index (χ2v) is 3.56. The van der Waals surface area contributed by atoms with Crippen molar-refractivity contribution in [2.75, 3.05) is 19.0 Å². The summed E-state index contributed by atoms with van der Waals surface area (Å²) in [5.41, 5.74) is 5.78. The molecule has 5 nitrogen and oxygen atoms in total. The Morgan fingerprint density at radius 1 is 1.69 bits per heavy atom. The molecule has 1 atom stereocenters. The summed E-state index contributed by atoms with van der Waals surface area (Å²) in [5, 5.41) is 11.7. The van der Waals surface area contributed by atoms with Crippen LogP contribution in [0.15, 0.2) is 18.2 Å². The molecule has 0 radical (unpaired) electrons. The molecular weight excluding hydrogens is 232 g/mol. The number of anilines is 1. The standard InChI is InChI=1S/C10H13ClN2O3/c1-16-9-3-2-6(11)4-8(9)13-10(15)7(12)5-14/h2-4,7,14H,5,12H2,1H3,(H,13,15). The van der Waals surface area contributed by atoms with Crippen molar-refractivity contribution in [2.45, 2.75) is 6.04 Å². The van der Waals surface area contributed by atoms with Gasteiger partial charge in [0, 0.05) is 5.02 Å². The molecule has 16 heavy (non-hydrogen) atoms. The van der Waals surface area contributed by atoms with Crippen molar-refractivity contribution in [3.63, 3.8) is 0 Å². The normalized spacial score (nSPS) is 12.0. The minimum atomic E-state index is -0.969. The van der Waals surface area contributed by atoms with E-state index in [0.717, 1.165) is 0 Å². The van der Waals surface area contributed by atoms with Gasteiger partial charge in [0.1, 0.15) is 11.8 Å². The van der Waals surface area contributed by atoms with E-state index < -0.39 is 18.6 Å². The molecule has 0 saturated carbocycles. The number of nitrogens with one attached hydrogen (secondary N) is 1. The van der Waals surface area contributed by atoms with E-state index in [0.29, 0.717) is 16.5 Å². The minimum Gasteiger partial charge on any atom is -0.495 e. The second-order valence-electron chi connectivity index (χ2n) is 3.12. The van der Waals surface area contributed by atoms with Gasteiger partial charge in [0.05, 0.1) is 19.4 Å². The smallest absolute Gasteiger partial charge is 0.243 e. The van der Waals surface area contributed by atoms with Crippen LogP contribution in [0.3, 0.4) is 0 Å². The summed E-state index contributed by atoms with van der Waals surface area (Å²) in [7, 11) is 1.48. The highest BCUT2D eigenvalue weighted by atomic mass is 35.5. The predicted octanol–water partition coefficient (Wildman–Crippen LogP) is 0.607. The summed E-state index contributed by atoms with van der Waals surface area (Å²) in [4.78, 5) is 11.4. The highest BCUT2D eigenvalue weighted by Crippen LogP contribution is 2.27. The van der Waals surface area contributed by atoms with Crippen LogP contribution in [-0.2, 0) is 4.79 Å². The number of benzene rings is 1. The van der Waals surface area contributed by atoms with Gasteiger partial charge >= 0.3 is 0 Å². The Bertz CT molecular complexity index is 384. The molecule has 1 rings (SSSR count). The summed E-state index contributed by atoms with van der Waals surface area (Å²) < 4.78 is 5.04. The van der Waals surface area contributed by atoms with Gasteiger partial charge in [-0.15, -0.1) is 0 Å². The first-order valence-electron chi connectivity index (χ1n) is 4.59. The van der Waals surface area contributed by atoms with Gasteiger partial charge in [0.25, 0.3) is 0 Å². The zero-order valence-corrected chi connectivity index (χ0v) is 9.49. The van der Waals surface area contributed by atoms with Crippen molar-refractivity contribution in [3.05, 3.63) is 23.2 Å². The molecule has 0 aliphatic carbocycles. The van der Waals surface area contributed by atoms with Crippen molar-refractivity contribution in [3.8, 4) is 5.75 Å². The van der Waals surface area contributed by atoms with Crippen LogP contribution in [0.25, 0.3) is 0 Å². The number of halogens is 1. The average molecular weight is 245 g/mol. The lowest BCUT2D eigenvalue weighted by Gasteiger charge is -2.12. The average Bonchev–Trinajstić information content (AvgIpc) is 2.28. The number of hydrogen-bond donors (Lipinski definition) is 3. The molecule has 88 valence electrons. The monoisotopic (exact) mass is 244 g/mol. The fourth-order valence-corrected chi connectivity index (χ4v) is 1.26. The molecule has 1 amide bonds. The molecule has 1 aromatic carbocycles. The fraction of sp³-hybridized carbons (Fsp3) is 0.300. The Labute approximate surface area is 98.2 Å². The van der Waals surface area contributed by atoms with E-state index in [2.05, 4.69) is 5.32 Å². The maximum Gasteiger partial charge on any atom is 0.243 e. The van der Waals surface area contributed by atoms with Gasteiger partial charge in [0.2, 0.25) is 5.91 Å². The quantitative estimate of drug-likeness (QED) is 0.724. The van der Waals surface area contributed by atoms with Gasteiger partial charge in [-0.3, -0.25) is 4.79 Å². The van der Waals surface area contributed by atoms with E-state index in [1.54, 1.807) is 18.2 Å². The van der Waals surface area contributed by atoms with E-state index in [-0.39, 0.29) is 0 Å². The number of ether oxygens (including phenoxy) is 1. The summed E-state index contributed by atoms with van der Waals surface area (Å²) >= 11 is 5.78. The fourth-order valence-electron chi connectivity index (χ4n) is 1.09. The molecule has 0 fully saturated rings. The Morgan fingerprint density at radius 2 is 2.38 bits per heavy atom. The van der Waals surface area contributed by atoms with E-state index in [9.17, 15) is 4.79 Å². The van der Waals surface area contributed by atoms with E-state index in [1.165, 1.54) is 7.11 Å². The van der Waals surface area contributed by atoms with Crippen molar-refractivity contribution in [2.24, 2.45) is 5.73 Å². The van der Waals surface area contributed by atoms with Gasteiger partial charge in [0.15, 0.2) is 0 Å². The van der Waals surface area contributed by atoms with Crippen LogP contribution >= 0.6 is 11.6 Å². The molecule has 4 N–H and O–H groups in total. The number of carbonyl (C=O) groups is 1. The van der Waals surface area contributed by atoms with Gasteiger partial charge in [-0.1, -0.05) is 11.6 Å². The maximum absolute atomic E-state index is 11.4. The van der Waals surface area contributed by atoms with Crippen molar-refractivity contribution in [1.29, 1.82) is 0 Å². The molecule has 0 aromatic heterocycles. The van der Waals surface area contributed by atoms with Gasteiger partial charge in [-0.25, -0.2) is 0 Å². The molecule has 0 heterocycles. The lowest BCUT2D eigenvalue weighted by Crippen LogP contribution is -2.38. The van der Waals surface area contributed by atoms with E-state index in [1.807, 2.05) is 0 Å². The van der Waals surface area contributed by atoms with Crippen LogP contribution in [0.4, 0.5) is 5.69 Å². The zero-order chi connectivity index (χ0) is 12.1. The molecular formula is C10H13ClN2O3. The number of aliphatic hydroxyl groups excluding tert-OH is 1. The predicted molar refractivity (Wildman–Crippen MR) is 61.7 cm³/mol. The Balaban J connectivity index is 2.87. The largest absolute Gasteiger partial charge is 0.495 e. The van der Waals surface area contributed by atoms with E-state index in [4.69, 9.17) is 27.2 Å². The Hall–Kier alpha value is -1.30. The summed E-state index contributed by atoms with van der Waals surface area (Å²) in [6, 6.07) is 3.84. The molecule has 1 unspecified atom stereocenters. The van der Waals surface area contributed by atoms with E-state index >= 15 is 0 Å². The SMILES string of the molecule is COc1ccc(Cl)cc1NC(=O)C(N)CO. The minimum absolute atomic E-state index is 0.420. The number of amides is 1. The third-order valence-corrected chi connectivity index (χ3v) is 2.19. The first-order valence-corrected chi connectivity index (χ1v) is 4.97. The second kappa shape index (κ2) is 5.69. The van der Waals surface area contributed by atoms with Crippen LogP contribution in [0.2, 0.25) is 5.02 Å². The molecule has 6 heteroatoms. The molecule has 1 aromatic rings. The van der Waals surface area contributed by atoms with Gasteiger partial charge < -0.3 is 20.9 Å². The molecule has 0 aliphatic heterocycles. The van der Waals surface area contributed by atoms with Crippen molar-refractivity contribution < 1.29 is 14.6 Å². The molecule has 0 saturated heterocycles. The van der Waals surface area contributed by atoms with Crippen LogP contribution in [0.5, 0.6) is 5.75 Å². The lowest BCUT2D eigenvalue weighted by atomic mass is 10.2. The highest BCUT2D eigenvalue weighted by molar-refractivity contribution is 6.31. The van der Waals surface area contributed by atoms with Gasteiger partial charge in [-0.05, 0) is 18.2 Å². The third-order valence-electron chi connectivity index (χ3n) is 1.95. The Morgan fingerprint density at radius 3 is 2.94 bits per heavy atom. The summed E-state index contributed by atoms with van der Waals surface area (Å²) in [6.45, 7) is -0.422. The van der Waals surface area contributed by atoms with Crippen LogP contribution in [0, 0.1) is 0 Å². The first kappa shape index (κ1) is 12.8. The van der Waals surface area contributed by atoms with Crippen molar-refractivity contribution in [1.82, 2.24) is 0 Å². The summed E-state index contributed by atoms with van der Waals surface area (Å²) in [5.74, 6) is -0.0223. The molecule has 0 spiro atoms. The number of hydrogen-bond acceptors (Lipinski definition) is 4. The molecule has 0 aliphatic rings. The van der Waals surface area contributed by atoms with Gasteiger partial charge in [-0.2, -0.15) is 0 Å². The number of carbonyl (C=O) groups excluding carboxylic acids is 1. The highest BCUT2D eigenvalue weighted by Gasteiger charge is 2.14. The molecule has 0 bridgehead atoms. The first-order chi connectivity index (χ1) is 7.58. The number of aliphatic hydroxyl groups is 1. The zero-order valence-electron chi connectivity index (χ0n) is 8.74. The Kier molecular flexibility index (Phi) is 4.54. The summed E-state index contributed by atoms with van der Waals surface area (Å²) in [6.07, 6.45) is 0. The topological polar surface area (TPSA) is 84.6 Å². The van der Waals surface area contributed by atoms with Crippen molar-refractivity contribution >= 4 is 23.2 Å².